The summed E-state index contributed by atoms with van der Waals surface area (Å²) >= 11 is 0. The number of benzene rings is 2. The molecule has 1 aliphatic rings. The Hall–Kier alpha value is -2.92. The fourth-order valence-corrected chi connectivity index (χ4v) is 4.91. The zero-order valence-corrected chi connectivity index (χ0v) is 22.4. The molecule has 2 N–H and O–H groups in total. The third-order valence-electron chi connectivity index (χ3n) is 7.03. The number of nitrogens with zero attached hydrogens (tertiary/aromatic N) is 3. The number of pyridine rings is 1. The third kappa shape index (κ3) is 5.89. The van der Waals surface area contributed by atoms with Crippen molar-refractivity contribution in [2.75, 3.05) is 11.9 Å². The van der Waals surface area contributed by atoms with Gasteiger partial charge in [0.2, 0.25) is 0 Å². The minimum Gasteiger partial charge on any atom is -0.364 e. The molecule has 0 amide bonds. The molecule has 5 rings (SSSR count). The average molecular weight is 484 g/mol. The second-order valence-electron chi connectivity index (χ2n) is 11.5. The van der Waals surface area contributed by atoms with Gasteiger partial charge in [-0.1, -0.05) is 68.7 Å². The van der Waals surface area contributed by atoms with Crippen LogP contribution in [0.25, 0.3) is 21.9 Å². The predicted octanol–water partition coefficient (Wildman–Crippen LogP) is 7.08. The van der Waals surface area contributed by atoms with Crippen molar-refractivity contribution in [3.05, 3.63) is 65.5 Å². The summed E-state index contributed by atoms with van der Waals surface area (Å²) in [6, 6.07) is 17.6. The number of nitrogens with one attached hydrogen (secondary N) is 2. The van der Waals surface area contributed by atoms with Crippen LogP contribution in [0.5, 0.6) is 0 Å². The number of aromatic nitrogens is 3. The van der Waals surface area contributed by atoms with Crippen LogP contribution in [0.1, 0.15) is 76.8 Å². The van der Waals surface area contributed by atoms with Crippen molar-refractivity contribution in [3.8, 4) is 0 Å². The Morgan fingerprint density at radius 3 is 2.44 bits per heavy atom. The van der Waals surface area contributed by atoms with Crippen LogP contribution in [0.15, 0.2) is 48.5 Å². The van der Waals surface area contributed by atoms with Crippen LogP contribution in [0.4, 0.5) is 5.82 Å². The Kier molecular flexibility index (Phi) is 7.29. The molecule has 5 heteroatoms. The maximum atomic E-state index is 5.20. The van der Waals surface area contributed by atoms with Gasteiger partial charge in [-0.2, -0.15) is 0 Å². The van der Waals surface area contributed by atoms with Gasteiger partial charge in [-0.15, -0.1) is 0 Å². The van der Waals surface area contributed by atoms with Crippen LogP contribution in [0.3, 0.4) is 0 Å². The van der Waals surface area contributed by atoms with E-state index in [4.69, 9.17) is 9.97 Å². The summed E-state index contributed by atoms with van der Waals surface area (Å²) in [5.41, 5.74) is 5.73. The van der Waals surface area contributed by atoms with E-state index in [1.165, 1.54) is 41.3 Å². The Morgan fingerprint density at radius 2 is 1.72 bits per heavy atom. The molecule has 4 aromatic rings. The largest absolute Gasteiger partial charge is 0.364 e. The highest BCUT2D eigenvalue weighted by molar-refractivity contribution is 6.07. The summed E-state index contributed by atoms with van der Waals surface area (Å²) in [6.07, 6.45) is 7.43. The van der Waals surface area contributed by atoms with Gasteiger partial charge < -0.3 is 15.2 Å². The summed E-state index contributed by atoms with van der Waals surface area (Å²) in [4.78, 5) is 10.2. The number of unbranched alkanes of at least 4 members (excludes halogenated alkanes) is 1. The molecule has 1 fully saturated rings. The van der Waals surface area contributed by atoms with E-state index in [1.807, 2.05) is 0 Å². The first-order valence-corrected chi connectivity index (χ1v) is 13.8. The number of hydrogen-bond acceptors (Lipinski definition) is 4. The normalized spacial score (nSPS) is 14.1. The van der Waals surface area contributed by atoms with Crippen LogP contribution < -0.4 is 10.6 Å². The minimum atomic E-state index is -0.0989. The molecule has 0 saturated heterocycles. The zero-order valence-electron chi connectivity index (χ0n) is 22.4. The van der Waals surface area contributed by atoms with Crippen molar-refractivity contribution in [2.45, 2.75) is 84.8 Å². The topological polar surface area (TPSA) is 54.8 Å². The summed E-state index contributed by atoms with van der Waals surface area (Å²) in [5.74, 6) is 3.00. The highest BCUT2D eigenvalue weighted by Crippen LogP contribution is 2.33. The SMILES string of the molecule is CCCCc1nc2c(NC(C)(C)C)nc3ccccc3c2n1Cc1ccc(CNCCC2CC2)cc1. The molecule has 0 atom stereocenters. The lowest BCUT2D eigenvalue weighted by molar-refractivity contribution is 0.612. The molecule has 1 saturated carbocycles. The predicted molar refractivity (Wildman–Crippen MR) is 152 cm³/mol. The van der Waals surface area contributed by atoms with Crippen molar-refractivity contribution in [1.29, 1.82) is 0 Å². The molecule has 5 nitrogen and oxygen atoms in total. The lowest BCUT2D eigenvalue weighted by Gasteiger charge is -2.22. The molecule has 36 heavy (non-hydrogen) atoms. The monoisotopic (exact) mass is 483 g/mol. The highest BCUT2D eigenvalue weighted by Gasteiger charge is 2.22. The van der Waals surface area contributed by atoms with E-state index in [1.54, 1.807) is 0 Å². The minimum absolute atomic E-state index is 0.0989. The number of hydrogen-bond donors (Lipinski definition) is 2. The lowest BCUT2D eigenvalue weighted by Crippen LogP contribution is -2.26. The van der Waals surface area contributed by atoms with Crippen LogP contribution >= 0.6 is 0 Å². The lowest BCUT2D eigenvalue weighted by atomic mass is 10.1. The molecular weight excluding hydrogens is 442 g/mol. The molecule has 0 aliphatic heterocycles. The Bertz CT molecular complexity index is 1310. The number of rotatable bonds is 11. The van der Waals surface area contributed by atoms with Crippen molar-refractivity contribution >= 4 is 27.8 Å². The smallest absolute Gasteiger partial charge is 0.155 e. The van der Waals surface area contributed by atoms with Gasteiger partial charge in [0.05, 0.1) is 11.0 Å². The molecule has 0 bridgehead atoms. The van der Waals surface area contributed by atoms with Gasteiger partial charge in [0.15, 0.2) is 5.82 Å². The van der Waals surface area contributed by atoms with Crippen molar-refractivity contribution in [1.82, 2.24) is 19.9 Å². The Balaban J connectivity index is 1.48. The van der Waals surface area contributed by atoms with Crippen molar-refractivity contribution in [3.63, 3.8) is 0 Å². The van der Waals surface area contributed by atoms with E-state index >= 15 is 0 Å². The quantitative estimate of drug-likeness (QED) is 0.224. The van der Waals surface area contributed by atoms with Crippen LogP contribution in [0, 0.1) is 5.92 Å². The first-order valence-electron chi connectivity index (χ1n) is 13.8. The van der Waals surface area contributed by atoms with Gasteiger partial charge in [-0.3, -0.25) is 0 Å². The van der Waals surface area contributed by atoms with Crippen LogP contribution in [-0.2, 0) is 19.5 Å². The van der Waals surface area contributed by atoms with E-state index in [-0.39, 0.29) is 5.54 Å². The Morgan fingerprint density at radius 1 is 0.972 bits per heavy atom. The average Bonchev–Trinajstić information content (AvgIpc) is 3.61. The molecule has 2 heterocycles. The van der Waals surface area contributed by atoms with E-state index in [9.17, 15) is 0 Å². The number of fused-ring (bicyclic) bond motifs is 3. The molecule has 0 unspecified atom stereocenters. The van der Waals surface area contributed by atoms with Gasteiger partial charge in [0.25, 0.3) is 0 Å². The molecule has 2 aromatic carbocycles. The van der Waals surface area contributed by atoms with Crippen molar-refractivity contribution in [2.24, 2.45) is 5.92 Å². The number of anilines is 1. The van der Waals surface area contributed by atoms with E-state index in [0.29, 0.717) is 0 Å². The fourth-order valence-electron chi connectivity index (χ4n) is 4.91. The van der Waals surface area contributed by atoms with E-state index in [2.05, 4.69) is 91.4 Å². The van der Waals surface area contributed by atoms with E-state index in [0.717, 1.165) is 67.5 Å². The van der Waals surface area contributed by atoms with Crippen molar-refractivity contribution < 1.29 is 0 Å². The maximum Gasteiger partial charge on any atom is 0.155 e. The second-order valence-corrected chi connectivity index (χ2v) is 11.5. The molecule has 0 radical (unpaired) electrons. The number of para-hydroxylation sites is 1. The first kappa shape index (κ1) is 24.8. The molecule has 2 aromatic heterocycles. The van der Waals surface area contributed by atoms with E-state index < -0.39 is 0 Å². The summed E-state index contributed by atoms with van der Waals surface area (Å²) in [5, 5.41) is 8.40. The maximum absolute atomic E-state index is 5.20. The Labute approximate surface area is 215 Å². The second kappa shape index (κ2) is 10.6. The number of aryl methyl sites for hydroxylation is 1. The summed E-state index contributed by atoms with van der Waals surface area (Å²) in [7, 11) is 0. The van der Waals surface area contributed by atoms with Crippen LogP contribution in [-0.4, -0.2) is 26.6 Å². The van der Waals surface area contributed by atoms with Gasteiger partial charge in [0, 0.05) is 30.4 Å². The molecule has 190 valence electrons. The highest BCUT2D eigenvalue weighted by atomic mass is 15.1. The van der Waals surface area contributed by atoms with Gasteiger partial charge >= 0.3 is 0 Å². The zero-order chi connectivity index (χ0) is 25.1. The standard InChI is InChI=1S/C31H41N5/c1-5-6-11-27-34-28-29(25-9-7-8-10-26(25)33-30(28)35-31(2,3)4)36(27)21-24-16-14-23(15-17-24)20-32-19-18-22-12-13-22/h7-10,14-17,22,32H,5-6,11-13,18-21H2,1-4H3,(H,33,35). The molecule has 1 aliphatic carbocycles. The van der Waals surface area contributed by atoms with Gasteiger partial charge in [0.1, 0.15) is 11.3 Å². The molecular formula is C31H41N5. The summed E-state index contributed by atoms with van der Waals surface area (Å²) in [6.45, 7) is 11.6. The fraction of sp³-hybridized carbons (Fsp3) is 0.484. The first-order chi connectivity index (χ1) is 17.4. The third-order valence-corrected chi connectivity index (χ3v) is 7.03. The molecule has 0 spiro atoms. The van der Waals surface area contributed by atoms with Crippen LogP contribution in [0.2, 0.25) is 0 Å². The number of imidazole rings is 1. The van der Waals surface area contributed by atoms with Gasteiger partial charge in [-0.25, -0.2) is 9.97 Å². The van der Waals surface area contributed by atoms with Gasteiger partial charge in [-0.05, 0) is 63.3 Å². The summed E-state index contributed by atoms with van der Waals surface area (Å²) < 4.78 is 2.44.